The minimum absolute atomic E-state index is 0.0459. The first kappa shape index (κ1) is 18.8. The van der Waals surface area contributed by atoms with Crippen LogP contribution in [0.3, 0.4) is 0 Å². The standard InChI is InChI=1S/C23H34N2O2/c1-4-23(5-2)12-21(27-22(23)26)10-11-24-13-18-15-25(16-19(18)14-24)20-8-6-17(3)7-9-20/h6-9,18-19,21H,4-5,10-16H2,1-3H3. The van der Waals surface area contributed by atoms with Crippen LogP contribution < -0.4 is 4.90 Å². The average molecular weight is 371 g/mol. The van der Waals surface area contributed by atoms with Gasteiger partial charge in [-0.15, -0.1) is 0 Å². The molecule has 27 heavy (non-hydrogen) atoms. The summed E-state index contributed by atoms with van der Waals surface area (Å²) < 4.78 is 5.72. The van der Waals surface area contributed by atoms with Crippen molar-refractivity contribution in [2.75, 3.05) is 37.6 Å². The molecule has 0 N–H and O–H groups in total. The SMILES string of the molecule is CCC1(CC)CC(CCN2CC3CN(c4ccc(C)cc4)CC3C2)OC1=O. The van der Waals surface area contributed by atoms with Crippen molar-refractivity contribution in [3.05, 3.63) is 29.8 Å². The monoisotopic (exact) mass is 370 g/mol. The second-order valence-electron chi connectivity index (χ2n) is 9.03. The number of fused-ring (bicyclic) bond motifs is 1. The number of rotatable bonds is 6. The Hall–Kier alpha value is -1.55. The fourth-order valence-electron chi connectivity index (χ4n) is 5.39. The molecule has 4 rings (SSSR count). The van der Waals surface area contributed by atoms with Gasteiger partial charge in [-0.2, -0.15) is 0 Å². The average Bonchev–Trinajstić information content (AvgIpc) is 3.32. The molecule has 3 aliphatic rings. The van der Waals surface area contributed by atoms with Gasteiger partial charge < -0.3 is 14.5 Å². The van der Waals surface area contributed by atoms with Crippen molar-refractivity contribution in [3.63, 3.8) is 0 Å². The molecule has 3 unspecified atom stereocenters. The molecular weight excluding hydrogens is 336 g/mol. The van der Waals surface area contributed by atoms with Gasteiger partial charge in [0.15, 0.2) is 0 Å². The second kappa shape index (κ2) is 7.46. The molecule has 4 heteroatoms. The van der Waals surface area contributed by atoms with Crippen LogP contribution in [-0.4, -0.2) is 49.7 Å². The smallest absolute Gasteiger partial charge is 0.312 e. The number of benzene rings is 1. The highest BCUT2D eigenvalue weighted by atomic mass is 16.6. The topological polar surface area (TPSA) is 32.8 Å². The van der Waals surface area contributed by atoms with Crippen LogP contribution in [0, 0.1) is 24.2 Å². The number of hydrogen-bond donors (Lipinski definition) is 0. The number of anilines is 1. The van der Waals surface area contributed by atoms with Gasteiger partial charge in [-0.25, -0.2) is 0 Å². The fourth-order valence-corrected chi connectivity index (χ4v) is 5.39. The molecule has 0 amide bonds. The summed E-state index contributed by atoms with van der Waals surface area (Å²) in [4.78, 5) is 17.4. The highest BCUT2D eigenvalue weighted by molar-refractivity contribution is 5.78. The molecule has 3 atom stereocenters. The molecule has 148 valence electrons. The molecule has 0 aliphatic carbocycles. The van der Waals surface area contributed by atoms with E-state index in [1.165, 1.54) is 37.4 Å². The summed E-state index contributed by atoms with van der Waals surface area (Å²) in [6.07, 6.45) is 3.85. The van der Waals surface area contributed by atoms with Gasteiger partial charge in [0.2, 0.25) is 0 Å². The molecule has 3 heterocycles. The minimum atomic E-state index is -0.208. The van der Waals surface area contributed by atoms with Gasteiger partial charge in [0.1, 0.15) is 6.10 Å². The van der Waals surface area contributed by atoms with Crippen molar-refractivity contribution in [1.82, 2.24) is 4.90 Å². The molecule has 1 aromatic carbocycles. The molecule has 3 fully saturated rings. The third-order valence-corrected chi connectivity index (χ3v) is 7.41. The van der Waals surface area contributed by atoms with Gasteiger partial charge in [0.25, 0.3) is 0 Å². The predicted molar refractivity (Wildman–Crippen MR) is 109 cm³/mol. The first-order valence-electron chi connectivity index (χ1n) is 10.8. The number of cyclic esters (lactones) is 1. The Labute approximate surface area is 163 Å². The zero-order chi connectivity index (χ0) is 19.0. The minimum Gasteiger partial charge on any atom is -0.462 e. The lowest BCUT2D eigenvalue weighted by Gasteiger charge is -2.24. The molecule has 1 aromatic rings. The summed E-state index contributed by atoms with van der Waals surface area (Å²) in [6, 6.07) is 8.95. The van der Waals surface area contributed by atoms with Gasteiger partial charge in [0, 0.05) is 44.8 Å². The zero-order valence-corrected chi connectivity index (χ0v) is 17.1. The largest absolute Gasteiger partial charge is 0.462 e. The normalized spacial score (nSPS) is 30.0. The summed E-state index contributed by atoms with van der Waals surface area (Å²) >= 11 is 0. The molecule has 0 saturated carbocycles. The number of likely N-dealkylation sites (tertiary alicyclic amines) is 1. The lowest BCUT2D eigenvalue weighted by molar-refractivity contribution is -0.149. The zero-order valence-electron chi connectivity index (χ0n) is 17.1. The maximum absolute atomic E-state index is 12.3. The first-order chi connectivity index (χ1) is 13.0. The van der Waals surface area contributed by atoms with E-state index >= 15 is 0 Å². The van der Waals surface area contributed by atoms with Gasteiger partial charge in [-0.3, -0.25) is 4.79 Å². The van der Waals surface area contributed by atoms with E-state index in [-0.39, 0.29) is 17.5 Å². The molecule has 0 aromatic heterocycles. The van der Waals surface area contributed by atoms with Crippen LogP contribution in [-0.2, 0) is 9.53 Å². The van der Waals surface area contributed by atoms with Crippen LogP contribution in [0.25, 0.3) is 0 Å². The Morgan fingerprint density at radius 3 is 2.22 bits per heavy atom. The third kappa shape index (κ3) is 3.61. The van der Waals surface area contributed by atoms with Crippen LogP contribution in [0.5, 0.6) is 0 Å². The molecule has 4 nitrogen and oxygen atoms in total. The van der Waals surface area contributed by atoms with E-state index in [4.69, 9.17) is 4.74 Å². The Morgan fingerprint density at radius 1 is 1.04 bits per heavy atom. The van der Waals surface area contributed by atoms with Crippen LogP contribution >= 0.6 is 0 Å². The number of ether oxygens (including phenoxy) is 1. The van der Waals surface area contributed by atoms with Crippen molar-refractivity contribution in [2.45, 2.75) is 52.6 Å². The van der Waals surface area contributed by atoms with E-state index in [1.54, 1.807) is 0 Å². The van der Waals surface area contributed by atoms with Gasteiger partial charge in [-0.1, -0.05) is 31.5 Å². The van der Waals surface area contributed by atoms with E-state index < -0.39 is 0 Å². The summed E-state index contributed by atoms with van der Waals surface area (Å²) in [5.74, 6) is 1.61. The van der Waals surface area contributed by atoms with Gasteiger partial charge in [-0.05, 0) is 50.2 Å². The number of aryl methyl sites for hydroxylation is 1. The predicted octanol–water partition coefficient (Wildman–Crippen LogP) is 3.88. The third-order valence-electron chi connectivity index (χ3n) is 7.41. The Bertz CT molecular complexity index is 653. The van der Waals surface area contributed by atoms with Gasteiger partial charge >= 0.3 is 5.97 Å². The van der Waals surface area contributed by atoms with Crippen LogP contribution in [0.2, 0.25) is 0 Å². The molecule has 3 saturated heterocycles. The fraction of sp³-hybridized carbons (Fsp3) is 0.696. The maximum Gasteiger partial charge on any atom is 0.312 e. The summed E-state index contributed by atoms with van der Waals surface area (Å²) in [5.41, 5.74) is 2.49. The van der Waals surface area contributed by atoms with Crippen LogP contribution in [0.1, 0.15) is 45.1 Å². The molecule has 0 spiro atoms. The maximum atomic E-state index is 12.3. The summed E-state index contributed by atoms with van der Waals surface area (Å²) in [5, 5.41) is 0. The first-order valence-corrected chi connectivity index (χ1v) is 10.8. The second-order valence-corrected chi connectivity index (χ2v) is 9.03. The lowest BCUT2D eigenvalue weighted by atomic mass is 9.79. The van der Waals surface area contributed by atoms with E-state index in [0.717, 1.165) is 44.1 Å². The van der Waals surface area contributed by atoms with E-state index in [0.29, 0.717) is 0 Å². The van der Waals surface area contributed by atoms with Gasteiger partial charge in [0.05, 0.1) is 5.41 Å². The van der Waals surface area contributed by atoms with Crippen molar-refractivity contribution < 1.29 is 9.53 Å². The quantitative estimate of drug-likeness (QED) is 0.712. The highest BCUT2D eigenvalue weighted by Crippen LogP contribution is 2.41. The van der Waals surface area contributed by atoms with E-state index in [2.05, 4.69) is 54.8 Å². The number of hydrogen-bond acceptors (Lipinski definition) is 4. The van der Waals surface area contributed by atoms with Crippen LogP contribution in [0.15, 0.2) is 24.3 Å². The summed E-state index contributed by atoms with van der Waals surface area (Å²) in [6.45, 7) is 12.2. The van der Waals surface area contributed by atoms with Crippen LogP contribution in [0.4, 0.5) is 5.69 Å². The lowest BCUT2D eigenvalue weighted by Crippen LogP contribution is -2.30. The summed E-state index contributed by atoms with van der Waals surface area (Å²) in [7, 11) is 0. The van der Waals surface area contributed by atoms with E-state index in [1.807, 2.05) is 0 Å². The van der Waals surface area contributed by atoms with Crippen molar-refractivity contribution in [1.29, 1.82) is 0 Å². The molecule has 0 bridgehead atoms. The number of nitrogens with zero attached hydrogens (tertiary/aromatic N) is 2. The van der Waals surface area contributed by atoms with Crippen molar-refractivity contribution in [3.8, 4) is 0 Å². The molecule has 0 radical (unpaired) electrons. The Kier molecular flexibility index (Phi) is 5.19. The molecule has 3 aliphatic heterocycles. The Balaban J connectivity index is 1.25. The number of carbonyl (C=O) groups is 1. The van der Waals surface area contributed by atoms with Crippen molar-refractivity contribution in [2.24, 2.45) is 17.3 Å². The molecular formula is C23H34N2O2. The van der Waals surface area contributed by atoms with E-state index in [9.17, 15) is 4.79 Å². The number of esters is 1. The highest BCUT2D eigenvalue weighted by Gasteiger charge is 2.46. The number of carbonyl (C=O) groups excluding carboxylic acids is 1. The Morgan fingerprint density at radius 2 is 1.67 bits per heavy atom. The van der Waals surface area contributed by atoms with Crippen molar-refractivity contribution >= 4 is 11.7 Å².